The topological polar surface area (TPSA) is 26.3 Å². The fraction of sp³-hybridized carbons (Fsp3) is 0.400. The van der Waals surface area contributed by atoms with Gasteiger partial charge in [0.15, 0.2) is 0 Å². The van der Waals surface area contributed by atoms with E-state index < -0.39 is 0 Å². The van der Waals surface area contributed by atoms with E-state index in [1.165, 1.54) is 21.9 Å². The predicted octanol–water partition coefficient (Wildman–Crippen LogP) is -2.33. The minimum atomic E-state index is -0.274. The van der Waals surface area contributed by atoms with E-state index in [1.807, 2.05) is 0 Å². The van der Waals surface area contributed by atoms with Crippen molar-refractivity contribution in [3.63, 3.8) is 0 Å². The summed E-state index contributed by atoms with van der Waals surface area (Å²) in [6.45, 7) is 3.96. The maximum absolute atomic E-state index is 10.5. The zero-order valence-electron chi connectivity index (χ0n) is 6.43. The van der Waals surface area contributed by atoms with Crippen LogP contribution in [0.4, 0.5) is 0 Å². The van der Waals surface area contributed by atoms with E-state index >= 15 is 0 Å². The molecule has 0 heterocycles. The molecular weight excluding hydrogens is 176 g/mol. The summed E-state index contributed by atoms with van der Waals surface area (Å²) in [5.41, 5.74) is 0. The third kappa shape index (κ3) is 5.99. The number of carbonyl (C=O) groups is 1. The van der Waals surface area contributed by atoms with Crippen LogP contribution in [0, 0.1) is 0 Å². The quantitative estimate of drug-likeness (QED) is 0.210. The first-order chi connectivity index (χ1) is 4.81. The number of ether oxygens (including phenoxy) is 1. The van der Waals surface area contributed by atoms with E-state index in [1.54, 1.807) is 0 Å². The Hall–Kier alpha value is -0.139. The molecule has 0 atom stereocenters. The van der Waals surface area contributed by atoms with Crippen LogP contribution in [0.15, 0.2) is 12.7 Å². The van der Waals surface area contributed by atoms with Crippen molar-refractivity contribution in [3.8, 4) is 0 Å². The zero-order chi connectivity index (χ0) is 7.82. The van der Waals surface area contributed by atoms with Crippen molar-refractivity contribution in [2.75, 3.05) is 6.61 Å². The second kappa shape index (κ2) is 6.97. The minimum absolute atomic E-state index is 0.260. The molecule has 0 saturated heterocycles. The number of carbonyl (C=O) groups excluding carboxylic acids is 1. The Morgan fingerprint density at radius 1 is 1.80 bits per heavy atom. The van der Waals surface area contributed by atoms with Gasteiger partial charge in [0.2, 0.25) is 0 Å². The summed E-state index contributed by atoms with van der Waals surface area (Å²) in [5.74, 6) is -0.274. The summed E-state index contributed by atoms with van der Waals surface area (Å²) in [6, 6.07) is 1.19. The smallest absolute Gasteiger partial charge is 0.330 e. The van der Waals surface area contributed by atoms with Crippen LogP contribution in [-0.2, 0) is 9.53 Å². The molecule has 0 aromatic rings. The van der Waals surface area contributed by atoms with Crippen molar-refractivity contribution in [2.45, 2.75) is 6.04 Å². The molecule has 5 heteroatoms. The molecule has 0 saturated carbocycles. The molecule has 0 spiro atoms. The lowest BCUT2D eigenvalue weighted by Gasteiger charge is -1.98. The third-order valence-corrected chi connectivity index (χ3v) is 12.6. The van der Waals surface area contributed by atoms with Crippen molar-refractivity contribution < 1.29 is 9.53 Å². The van der Waals surface area contributed by atoms with E-state index in [4.69, 9.17) is 4.74 Å². The van der Waals surface area contributed by atoms with Gasteiger partial charge in [-0.1, -0.05) is 6.58 Å². The summed E-state index contributed by atoms with van der Waals surface area (Å²) in [6.07, 6.45) is 1.22. The molecule has 0 aliphatic rings. The highest BCUT2D eigenvalue weighted by Gasteiger charge is 1.93. The summed E-state index contributed by atoms with van der Waals surface area (Å²) in [7, 11) is 2.13. The molecule has 0 amide bonds. The molecule has 0 unspecified atom stereocenters. The normalized spacial score (nSPS) is 11.6. The van der Waals surface area contributed by atoms with Gasteiger partial charge < -0.3 is 4.74 Å². The van der Waals surface area contributed by atoms with Gasteiger partial charge in [-0.3, -0.25) is 0 Å². The van der Waals surface area contributed by atoms with Crippen molar-refractivity contribution in [1.82, 2.24) is 0 Å². The highest BCUT2D eigenvalue weighted by Crippen LogP contribution is 1.82. The molecule has 0 aromatic carbocycles. The molecule has 0 rings (SSSR count). The molecule has 10 heavy (non-hydrogen) atoms. The first-order valence-electron chi connectivity index (χ1n) is 3.60. The molecule has 0 aliphatic carbocycles. The first kappa shape index (κ1) is 9.86. The van der Waals surface area contributed by atoms with Gasteiger partial charge in [-0.2, -0.15) is 0 Å². The maximum Gasteiger partial charge on any atom is 0.330 e. The molecule has 0 N–H and O–H groups in total. The number of esters is 1. The summed E-state index contributed by atoms with van der Waals surface area (Å²) >= 11 is 0. The molecular formula is C5H14O2Si3. The fourth-order valence-corrected chi connectivity index (χ4v) is 8.04. The van der Waals surface area contributed by atoms with Crippen molar-refractivity contribution in [3.05, 3.63) is 12.7 Å². The predicted molar refractivity (Wildman–Crippen MR) is 53.0 cm³/mol. The standard InChI is InChI=1S/C5H14O2Si3/c1-2-5(6)7-3-4-9-10-8/h2H,1,3-4,9-10H2,8H3. The second-order valence-electron chi connectivity index (χ2n) is 2.08. The Labute approximate surface area is 68.7 Å². The minimum Gasteiger partial charge on any atom is -0.463 e. The van der Waals surface area contributed by atoms with Crippen LogP contribution in [0.25, 0.3) is 0 Å². The molecule has 2 nitrogen and oxygen atoms in total. The van der Waals surface area contributed by atoms with E-state index in [2.05, 4.69) is 6.58 Å². The fourth-order valence-electron chi connectivity index (χ4n) is 0.584. The molecule has 58 valence electrons. The van der Waals surface area contributed by atoms with Crippen LogP contribution in [0.5, 0.6) is 0 Å². The van der Waals surface area contributed by atoms with Crippen LogP contribution < -0.4 is 0 Å². The summed E-state index contributed by atoms with van der Waals surface area (Å²) < 4.78 is 4.81. The van der Waals surface area contributed by atoms with E-state index in [0.29, 0.717) is 15.2 Å². The van der Waals surface area contributed by atoms with E-state index in [0.717, 1.165) is 0 Å². The summed E-state index contributed by atoms with van der Waals surface area (Å²) in [4.78, 5) is 10.5. The molecule has 0 fully saturated rings. The van der Waals surface area contributed by atoms with Gasteiger partial charge in [-0.25, -0.2) is 4.79 Å². The largest absolute Gasteiger partial charge is 0.463 e. The van der Waals surface area contributed by atoms with Crippen LogP contribution in [0.1, 0.15) is 0 Å². The van der Waals surface area contributed by atoms with Gasteiger partial charge in [-0.05, 0) is 24.4 Å². The Bertz CT molecular complexity index is 115. The lowest BCUT2D eigenvalue weighted by Crippen LogP contribution is -2.08. The van der Waals surface area contributed by atoms with Gasteiger partial charge >= 0.3 is 5.97 Å². The number of hydrogen-bond acceptors (Lipinski definition) is 2. The van der Waals surface area contributed by atoms with Crippen molar-refractivity contribution in [1.29, 1.82) is 0 Å². The molecule has 0 bridgehead atoms. The molecule has 0 radical (unpaired) electrons. The second-order valence-corrected chi connectivity index (χ2v) is 18.6. The van der Waals surface area contributed by atoms with Crippen LogP contribution >= 0.6 is 0 Å². The lowest BCUT2D eigenvalue weighted by atomic mass is 10.6. The van der Waals surface area contributed by atoms with E-state index in [9.17, 15) is 4.79 Å². The maximum atomic E-state index is 10.5. The average Bonchev–Trinajstić information content (AvgIpc) is 1.98. The number of hydrogen-bond donors (Lipinski definition) is 0. The first-order valence-corrected chi connectivity index (χ1v) is 14.3. The van der Waals surface area contributed by atoms with Crippen molar-refractivity contribution >= 4 is 33.3 Å². The van der Waals surface area contributed by atoms with Crippen LogP contribution in [0.3, 0.4) is 0 Å². The van der Waals surface area contributed by atoms with Gasteiger partial charge in [0, 0.05) is 15.1 Å². The van der Waals surface area contributed by atoms with Crippen LogP contribution in [-0.4, -0.2) is 39.9 Å². The Morgan fingerprint density at radius 2 is 2.50 bits per heavy atom. The number of rotatable bonds is 5. The Morgan fingerprint density at radius 3 is 3.00 bits per heavy atom. The Balaban J connectivity index is 3.03. The summed E-state index contributed by atoms with van der Waals surface area (Å²) in [5, 5.41) is 0. The van der Waals surface area contributed by atoms with Gasteiger partial charge in [0.25, 0.3) is 0 Å². The highest BCUT2D eigenvalue weighted by molar-refractivity contribution is 7.23. The average molecular weight is 190 g/mol. The SMILES string of the molecule is C=CC(=O)OCC[SiH2][SiH2][SiH3]. The monoisotopic (exact) mass is 190 g/mol. The van der Waals surface area contributed by atoms with Gasteiger partial charge in [0.1, 0.15) is 0 Å². The molecule has 0 aromatic heterocycles. The third-order valence-electron chi connectivity index (χ3n) is 1.16. The van der Waals surface area contributed by atoms with Gasteiger partial charge in [0.05, 0.1) is 6.61 Å². The lowest BCUT2D eigenvalue weighted by molar-refractivity contribution is -0.137. The van der Waals surface area contributed by atoms with Crippen LogP contribution in [0.2, 0.25) is 6.04 Å². The van der Waals surface area contributed by atoms with E-state index in [-0.39, 0.29) is 15.0 Å². The van der Waals surface area contributed by atoms with Gasteiger partial charge in [-0.15, -0.1) is 0 Å². The molecule has 0 aliphatic heterocycles. The zero-order valence-corrected chi connectivity index (χ0v) is 11.3. The highest BCUT2D eigenvalue weighted by atomic mass is 29.5. The van der Waals surface area contributed by atoms with Crippen molar-refractivity contribution in [2.24, 2.45) is 0 Å². The Kier molecular flexibility index (Phi) is 6.88.